The molecule has 19 heavy (non-hydrogen) atoms. The number of rotatable bonds is 10. The average Bonchev–Trinajstić information content (AvgIpc) is 2.37. The average molecular weight is 268 g/mol. The van der Waals surface area contributed by atoms with Gasteiger partial charge in [0.1, 0.15) is 6.11 Å². The third-order valence-corrected chi connectivity index (χ3v) is 2.81. The quantitative estimate of drug-likeness (QED) is 0.340. The molecular formula is C16H28O3. The van der Waals surface area contributed by atoms with Crippen molar-refractivity contribution in [2.75, 3.05) is 6.61 Å². The summed E-state index contributed by atoms with van der Waals surface area (Å²) in [5, 5.41) is 0. The highest BCUT2D eigenvalue weighted by molar-refractivity contribution is 5.66. The predicted octanol–water partition coefficient (Wildman–Crippen LogP) is 4.06. The van der Waals surface area contributed by atoms with Gasteiger partial charge in [-0.3, -0.25) is 4.79 Å². The Hall–Kier alpha value is -1.17. The summed E-state index contributed by atoms with van der Waals surface area (Å²) in [6.07, 6.45) is 11.8. The molecule has 0 fully saturated rings. The van der Waals surface area contributed by atoms with Gasteiger partial charge in [-0.25, -0.2) is 0 Å². The Morgan fingerprint density at radius 2 is 1.68 bits per heavy atom. The molecule has 0 heterocycles. The highest BCUT2D eigenvalue weighted by Crippen LogP contribution is 2.11. The lowest BCUT2D eigenvalue weighted by atomic mass is 10.1. The van der Waals surface area contributed by atoms with Crippen LogP contribution in [0, 0.1) is 12.0 Å². The maximum Gasteiger partial charge on any atom is 0.303 e. The zero-order valence-electron chi connectivity index (χ0n) is 12.7. The van der Waals surface area contributed by atoms with Crippen LogP contribution in [0.25, 0.3) is 0 Å². The summed E-state index contributed by atoms with van der Waals surface area (Å²) in [6.45, 7) is 6.07. The van der Waals surface area contributed by atoms with Gasteiger partial charge in [-0.05, 0) is 25.7 Å². The Morgan fingerprint density at radius 1 is 1.05 bits per heavy atom. The fourth-order valence-corrected chi connectivity index (χ4v) is 1.83. The lowest BCUT2D eigenvalue weighted by molar-refractivity contribution is -0.144. The molecule has 0 aromatic heterocycles. The third-order valence-electron chi connectivity index (χ3n) is 2.81. The van der Waals surface area contributed by atoms with Crippen LogP contribution in [-0.2, 0) is 14.3 Å². The first-order valence-electron chi connectivity index (χ1n) is 7.50. The Balaban J connectivity index is 3.74. The monoisotopic (exact) mass is 268 g/mol. The Morgan fingerprint density at radius 3 is 2.26 bits per heavy atom. The van der Waals surface area contributed by atoms with E-state index in [4.69, 9.17) is 9.47 Å². The van der Waals surface area contributed by atoms with Crippen molar-refractivity contribution in [3.8, 4) is 12.0 Å². The number of carbonyl (C=O) groups excluding carboxylic acids is 1. The minimum absolute atomic E-state index is 0.279. The molecule has 0 saturated heterocycles. The van der Waals surface area contributed by atoms with Gasteiger partial charge in [0.05, 0.1) is 6.61 Å². The second kappa shape index (κ2) is 13.3. The van der Waals surface area contributed by atoms with Gasteiger partial charge in [0, 0.05) is 6.92 Å². The Labute approximate surface area is 118 Å². The van der Waals surface area contributed by atoms with Crippen molar-refractivity contribution in [2.45, 2.75) is 78.2 Å². The fraction of sp³-hybridized carbons (Fsp3) is 0.812. The number of ether oxygens (including phenoxy) is 2. The van der Waals surface area contributed by atoms with Crippen molar-refractivity contribution in [1.82, 2.24) is 0 Å². The molecule has 1 unspecified atom stereocenters. The van der Waals surface area contributed by atoms with E-state index in [9.17, 15) is 4.79 Å². The number of carbonyl (C=O) groups is 1. The van der Waals surface area contributed by atoms with Gasteiger partial charge in [0.15, 0.2) is 6.10 Å². The topological polar surface area (TPSA) is 35.5 Å². The zero-order valence-corrected chi connectivity index (χ0v) is 12.7. The number of esters is 1. The summed E-state index contributed by atoms with van der Waals surface area (Å²) in [5.41, 5.74) is 0. The van der Waals surface area contributed by atoms with E-state index in [1.165, 1.54) is 45.4 Å². The molecular weight excluding hydrogens is 240 g/mol. The molecule has 3 nitrogen and oxygen atoms in total. The SMILES string of the molecule is CCCCCCCCCC(C#COCC)OC(C)=O. The van der Waals surface area contributed by atoms with Gasteiger partial charge < -0.3 is 9.47 Å². The lowest BCUT2D eigenvalue weighted by Gasteiger charge is -2.10. The maximum absolute atomic E-state index is 11.0. The molecule has 0 rings (SSSR count). The van der Waals surface area contributed by atoms with Gasteiger partial charge in [0.2, 0.25) is 0 Å². The van der Waals surface area contributed by atoms with E-state index in [1.54, 1.807) is 0 Å². The first-order valence-corrected chi connectivity index (χ1v) is 7.50. The Kier molecular flexibility index (Phi) is 12.4. The van der Waals surface area contributed by atoms with Gasteiger partial charge in [-0.15, -0.1) is 0 Å². The molecule has 0 bridgehead atoms. The smallest absolute Gasteiger partial charge is 0.303 e. The maximum atomic E-state index is 11.0. The van der Waals surface area contributed by atoms with Gasteiger partial charge in [0.25, 0.3) is 0 Å². The first kappa shape index (κ1) is 17.8. The second-order valence-corrected chi connectivity index (χ2v) is 4.69. The standard InChI is InChI=1S/C16H28O3/c1-4-6-7-8-9-10-11-12-16(19-15(3)17)13-14-18-5-2/h16H,4-12H2,1-3H3. The molecule has 0 N–H and O–H groups in total. The second-order valence-electron chi connectivity index (χ2n) is 4.69. The summed E-state index contributed by atoms with van der Waals surface area (Å²) >= 11 is 0. The van der Waals surface area contributed by atoms with Crippen LogP contribution in [0.3, 0.4) is 0 Å². The fourth-order valence-electron chi connectivity index (χ4n) is 1.83. The van der Waals surface area contributed by atoms with Gasteiger partial charge >= 0.3 is 5.97 Å². The van der Waals surface area contributed by atoms with Crippen molar-refractivity contribution in [1.29, 1.82) is 0 Å². The molecule has 0 aliphatic rings. The molecule has 0 radical (unpaired) electrons. The number of hydrogen-bond donors (Lipinski definition) is 0. The van der Waals surface area contributed by atoms with Crippen LogP contribution in [0.15, 0.2) is 0 Å². The van der Waals surface area contributed by atoms with E-state index in [0.717, 1.165) is 12.8 Å². The highest BCUT2D eigenvalue weighted by Gasteiger charge is 2.08. The van der Waals surface area contributed by atoms with E-state index < -0.39 is 0 Å². The summed E-state index contributed by atoms with van der Waals surface area (Å²) in [5.74, 6) is 2.57. The van der Waals surface area contributed by atoms with Crippen LogP contribution >= 0.6 is 0 Å². The molecule has 110 valence electrons. The first-order chi connectivity index (χ1) is 9.20. The summed E-state index contributed by atoms with van der Waals surface area (Å²) in [7, 11) is 0. The molecule has 1 atom stereocenters. The minimum atomic E-state index is -0.320. The Bertz CT molecular complexity index is 275. The molecule has 3 heteroatoms. The molecule has 0 aliphatic carbocycles. The van der Waals surface area contributed by atoms with Crippen LogP contribution in [0.4, 0.5) is 0 Å². The van der Waals surface area contributed by atoms with E-state index >= 15 is 0 Å². The molecule has 0 spiro atoms. The van der Waals surface area contributed by atoms with Gasteiger partial charge in [-0.1, -0.05) is 45.4 Å². The normalized spacial score (nSPS) is 11.3. The highest BCUT2D eigenvalue weighted by atomic mass is 16.5. The third kappa shape index (κ3) is 13.1. The number of unbranched alkanes of at least 4 members (excludes halogenated alkanes) is 6. The molecule has 0 amide bonds. The van der Waals surface area contributed by atoms with Crippen molar-refractivity contribution < 1.29 is 14.3 Å². The van der Waals surface area contributed by atoms with E-state index in [0.29, 0.717) is 6.61 Å². The summed E-state index contributed by atoms with van der Waals surface area (Å²) in [6, 6.07) is 0. The van der Waals surface area contributed by atoms with Gasteiger partial charge in [-0.2, -0.15) is 0 Å². The van der Waals surface area contributed by atoms with Crippen LogP contribution in [0.2, 0.25) is 0 Å². The van der Waals surface area contributed by atoms with E-state index in [-0.39, 0.29) is 12.1 Å². The molecule has 0 aromatic rings. The van der Waals surface area contributed by atoms with Crippen molar-refractivity contribution in [3.63, 3.8) is 0 Å². The summed E-state index contributed by atoms with van der Waals surface area (Å²) < 4.78 is 10.1. The zero-order chi connectivity index (χ0) is 14.3. The van der Waals surface area contributed by atoms with E-state index in [1.807, 2.05) is 6.92 Å². The van der Waals surface area contributed by atoms with Crippen molar-refractivity contribution >= 4 is 5.97 Å². The van der Waals surface area contributed by atoms with Crippen molar-refractivity contribution in [3.05, 3.63) is 0 Å². The van der Waals surface area contributed by atoms with Crippen LogP contribution < -0.4 is 0 Å². The lowest BCUT2D eigenvalue weighted by Crippen LogP contribution is -2.14. The minimum Gasteiger partial charge on any atom is -0.449 e. The van der Waals surface area contributed by atoms with Crippen molar-refractivity contribution in [2.24, 2.45) is 0 Å². The predicted molar refractivity (Wildman–Crippen MR) is 77.6 cm³/mol. The summed E-state index contributed by atoms with van der Waals surface area (Å²) in [4.78, 5) is 11.0. The van der Waals surface area contributed by atoms with Crippen LogP contribution in [0.5, 0.6) is 0 Å². The van der Waals surface area contributed by atoms with Crippen LogP contribution in [0.1, 0.15) is 72.1 Å². The molecule has 0 saturated carbocycles. The number of hydrogen-bond acceptors (Lipinski definition) is 3. The van der Waals surface area contributed by atoms with Crippen LogP contribution in [-0.4, -0.2) is 18.7 Å². The van der Waals surface area contributed by atoms with E-state index in [2.05, 4.69) is 19.0 Å². The largest absolute Gasteiger partial charge is 0.449 e. The molecule has 0 aromatic carbocycles. The molecule has 0 aliphatic heterocycles.